The van der Waals surface area contributed by atoms with Crippen molar-refractivity contribution in [1.82, 2.24) is 15.2 Å². The Morgan fingerprint density at radius 2 is 1.86 bits per heavy atom. The van der Waals surface area contributed by atoms with Crippen LogP contribution in [-0.2, 0) is 13.1 Å². The molecule has 4 nitrogen and oxygen atoms in total. The first-order chi connectivity index (χ1) is 10.3. The van der Waals surface area contributed by atoms with Gasteiger partial charge in [-0.3, -0.25) is 0 Å². The Bertz CT molecular complexity index is 546. The van der Waals surface area contributed by atoms with E-state index in [1.807, 2.05) is 36.4 Å². The van der Waals surface area contributed by atoms with Crippen molar-refractivity contribution >= 4 is 17.6 Å². The highest BCUT2D eigenvalue weighted by Gasteiger charge is 1.98. The van der Waals surface area contributed by atoms with Crippen LogP contribution in [0.5, 0.6) is 0 Å². The lowest BCUT2D eigenvalue weighted by atomic mass is 10.2. The molecule has 5 heteroatoms. The molecule has 0 fully saturated rings. The van der Waals surface area contributed by atoms with E-state index < -0.39 is 0 Å². The van der Waals surface area contributed by atoms with Gasteiger partial charge in [0.2, 0.25) is 0 Å². The number of nitrogens with one attached hydrogen (secondary N) is 2. The predicted octanol–water partition coefficient (Wildman–Crippen LogP) is 2.90. The third-order valence-corrected chi connectivity index (χ3v) is 3.26. The van der Waals surface area contributed by atoms with E-state index in [4.69, 9.17) is 11.6 Å². The molecule has 0 radical (unpaired) electrons. The molecule has 0 unspecified atom stereocenters. The smallest absolute Gasteiger partial charge is 0.191 e. The van der Waals surface area contributed by atoms with Crippen molar-refractivity contribution in [3.05, 3.63) is 59.4 Å². The Morgan fingerprint density at radius 1 is 1.14 bits per heavy atom. The van der Waals surface area contributed by atoms with Crippen LogP contribution in [0.1, 0.15) is 12.5 Å². The van der Waals surface area contributed by atoms with Gasteiger partial charge in [-0.1, -0.05) is 23.7 Å². The third kappa shape index (κ3) is 5.52. The normalized spacial score (nSPS) is 11.4. The Hall–Kier alpha value is -1.94. The molecule has 1 heterocycles. The minimum absolute atomic E-state index is 0.635. The molecule has 0 bridgehead atoms. The maximum atomic E-state index is 5.88. The number of hydrogen-bond donors (Lipinski definition) is 2. The number of guanidine groups is 1. The van der Waals surface area contributed by atoms with Crippen molar-refractivity contribution in [2.75, 3.05) is 13.1 Å². The molecule has 2 aromatic rings. The van der Waals surface area contributed by atoms with Crippen molar-refractivity contribution in [2.24, 2.45) is 4.99 Å². The summed E-state index contributed by atoms with van der Waals surface area (Å²) in [5.74, 6) is 0.833. The maximum Gasteiger partial charge on any atom is 0.191 e. The summed E-state index contributed by atoms with van der Waals surface area (Å²) in [6, 6.07) is 11.8. The molecule has 21 heavy (non-hydrogen) atoms. The van der Waals surface area contributed by atoms with E-state index in [1.54, 1.807) is 0 Å². The molecule has 0 saturated heterocycles. The van der Waals surface area contributed by atoms with Crippen molar-refractivity contribution in [3.63, 3.8) is 0 Å². The number of rotatable bonds is 6. The van der Waals surface area contributed by atoms with Crippen LogP contribution in [0, 0.1) is 0 Å². The van der Waals surface area contributed by atoms with Gasteiger partial charge in [0.25, 0.3) is 0 Å². The molecule has 0 spiro atoms. The zero-order valence-corrected chi connectivity index (χ0v) is 13.0. The number of aromatic nitrogens is 1. The summed E-state index contributed by atoms with van der Waals surface area (Å²) >= 11 is 5.88. The van der Waals surface area contributed by atoms with Gasteiger partial charge in [-0.05, 0) is 36.8 Å². The Morgan fingerprint density at radius 3 is 2.52 bits per heavy atom. The molecule has 1 aromatic heterocycles. The van der Waals surface area contributed by atoms with E-state index in [0.29, 0.717) is 6.54 Å². The Labute approximate surface area is 130 Å². The highest BCUT2D eigenvalue weighted by atomic mass is 35.5. The molecule has 2 rings (SSSR count). The fraction of sp³-hybridized carbons (Fsp3) is 0.312. The van der Waals surface area contributed by atoms with Gasteiger partial charge in [0.1, 0.15) is 0 Å². The minimum atomic E-state index is 0.635. The summed E-state index contributed by atoms with van der Waals surface area (Å²) in [5, 5.41) is 7.33. The van der Waals surface area contributed by atoms with E-state index in [9.17, 15) is 0 Å². The number of aliphatic imine (C=N–C) groups is 1. The summed E-state index contributed by atoms with van der Waals surface area (Å²) in [7, 11) is 0. The first-order valence-electron chi connectivity index (χ1n) is 7.15. The quantitative estimate of drug-likeness (QED) is 0.636. The Kier molecular flexibility index (Phi) is 6.16. The van der Waals surface area contributed by atoms with Gasteiger partial charge in [-0.25, -0.2) is 4.99 Å². The van der Waals surface area contributed by atoms with Gasteiger partial charge in [-0.15, -0.1) is 0 Å². The lowest BCUT2D eigenvalue weighted by Gasteiger charge is -2.11. The van der Waals surface area contributed by atoms with Crippen molar-refractivity contribution < 1.29 is 0 Å². The summed E-state index contributed by atoms with van der Waals surface area (Å²) in [6.07, 6.45) is 4.11. The van der Waals surface area contributed by atoms with Gasteiger partial charge in [-0.2, -0.15) is 0 Å². The molecule has 0 amide bonds. The second-order valence-electron chi connectivity index (χ2n) is 4.67. The predicted molar refractivity (Wildman–Crippen MR) is 88.7 cm³/mol. The van der Waals surface area contributed by atoms with Crippen LogP contribution in [0.25, 0.3) is 0 Å². The van der Waals surface area contributed by atoms with Crippen LogP contribution >= 0.6 is 11.6 Å². The second-order valence-corrected chi connectivity index (χ2v) is 5.11. The zero-order valence-electron chi connectivity index (χ0n) is 12.2. The number of benzene rings is 1. The lowest BCUT2D eigenvalue weighted by Crippen LogP contribution is -2.38. The largest absolute Gasteiger partial charge is 0.357 e. The fourth-order valence-corrected chi connectivity index (χ4v) is 2.05. The molecule has 1 aromatic carbocycles. The van der Waals surface area contributed by atoms with E-state index in [2.05, 4.69) is 39.5 Å². The average Bonchev–Trinajstić information content (AvgIpc) is 3.00. The van der Waals surface area contributed by atoms with Gasteiger partial charge in [0, 0.05) is 37.1 Å². The SMILES string of the molecule is CCNC(=NCc1ccc(Cl)cc1)NCCn1cccc1. The third-order valence-electron chi connectivity index (χ3n) is 3.01. The minimum Gasteiger partial charge on any atom is -0.357 e. The van der Waals surface area contributed by atoms with E-state index >= 15 is 0 Å². The zero-order chi connectivity index (χ0) is 14.9. The summed E-state index contributed by atoms with van der Waals surface area (Å²) in [6.45, 7) is 5.29. The average molecular weight is 305 g/mol. The molecular weight excluding hydrogens is 284 g/mol. The molecule has 0 aliphatic rings. The van der Waals surface area contributed by atoms with Gasteiger partial charge >= 0.3 is 0 Å². The summed E-state index contributed by atoms with van der Waals surface area (Å²) in [4.78, 5) is 4.57. The van der Waals surface area contributed by atoms with E-state index in [0.717, 1.165) is 36.2 Å². The number of nitrogens with zero attached hydrogens (tertiary/aromatic N) is 2. The van der Waals surface area contributed by atoms with Crippen LogP contribution in [-0.4, -0.2) is 23.6 Å². The van der Waals surface area contributed by atoms with Crippen molar-refractivity contribution in [3.8, 4) is 0 Å². The summed E-state index contributed by atoms with van der Waals surface area (Å²) < 4.78 is 2.13. The molecular formula is C16H21ClN4. The van der Waals surface area contributed by atoms with Gasteiger partial charge < -0.3 is 15.2 Å². The lowest BCUT2D eigenvalue weighted by molar-refractivity contribution is 0.666. The first-order valence-corrected chi connectivity index (χ1v) is 7.53. The molecule has 0 aliphatic heterocycles. The topological polar surface area (TPSA) is 41.4 Å². The van der Waals surface area contributed by atoms with Crippen molar-refractivity contribution in [1.29, 1.82) is 0 Å². The highest BCUT2D eigenvalue weighted by Crippen LogP contribution is 2.10. The molecule has 0 atom stereocenters. The second kappa shape index (κ2) is 8.37. The van der Waals surface area contributed by atoms with E-state index in [-0.39, 0.29) is 0 Å². The number of hydrogen-bond acceptors (Lipinski definition) is 1. The van der Waals surface area contributed by atoms with Crippen LogP contribution in [0.2, 0.25) is 5.02 Å². The van der Waals surface area contributed by atoms with Crippen molar-refractivity contribution in [2.45, 2.75) is 20.0 Å². The van der Waals surface area contributed by atoms with Crippen LogP contribution in [0.15, 0.2) is 53.8 Å². The standard InChI is InChI=1S/C16H21ClN4/c1-2-18-16(19-9-12-21-10-3-4-11-21)20-13-14-5-7-15(17)8-6-14/h3-8,10-11H,2,9,12-13H2,1H3,(H2,18,19,20). The monoisotopic (exact) mass is 304 g/mol. The molecule has 0 saturated carbocycles. The van der Waals surface area contributed by atoms with Gasteiger partial charge in [0.05, 0.1) is 6.54 Å². The van der Waals surface area contributed by atoms with Gasteiger partial charge in [0.15, 0.2) is 5.96 Å². The summed E-state index contributed by atoms with van der Waals surface area (Å²) in [5.41, 5.74) is 1.14. The molecule has 112 valence electrons. The molecule has 0 aliphatic carbocycles. The maximum absolute atomic E-state index is 5.88. The molecule has 2 N–H and O–H groups in total. The van der Waals surface area contributed by atoms with Crippen LogP contribution in [0.4, 0.5) is 0 Å². The number of halogens is 1. The van der Waals surface area contributed by atoms with E-state index in [1.165, 1.54) is 0 Å². The Balaban J connectivity index is 1.84. The highest BCUT2D eigenvalue weighted by molar-refractivity contribution is 6.30. The van der Waals surface area contributed by atoms with Crippen LogP contribution in [0.3, 0.4) is 0 Å². The fourth-order valence-electron chi connectivity index (χ4n) is 1.92. The first kappa shape index (κ1) is 15.4. The van der Waals surface area contributed by atoms with Crippen LogP contribution < -0.4 is 10.6 Å².